The predicted octanol–water partition coefficient (Wildman–Crippen LogP) is 2.41. The van der Waals surface area contributed by atoms with Crippen molar-refractivity contribution >= 4 is 21.6 Å². The third-order valence-corrected chi connectivity index (χ3v) is 4.58. The highest BCUT2D eigenvalue weighted by Crippen LogP contribution is 2.16. The number of anilines is 1. The fourth-order valence-corrected chi connectivity index (χ4v) is 3.02. The zero-order valence-corrected chi connectivity index (χ0v) is 13.6. The number of amides is 1. The maximum atomic E-state index is 12.2. The van der Waals surface area contributed by atoms with Gasteiger partial charge in [-0.15, -0.1) is 0 Å². The Bertz CT molecular complexity index is 761. The molecule has 0 unspecified atom stereocenters. The van der Waals surface area contributed by atoms with Crippen LogP contribution in [0.25, 0.3) is 0 Å². The van der Waals surface area contributed by atoms with Crippen molar-refractivity contribution in [3.05, 3.63) is 54.4 Å². The van der Waals surface area contributed by atoms with Crippen LogP contribution < -0.4 is 10.0 Å². The number of rotatable bonds is 7. The summed E-state index contributed by atoms with van der Waals surface area (Å²) in [5.74, 6) is -0.390. The Balaban J connectivity index is 2.12. The molecule has 0 fully saturated rings. The van der Waals surface area contributed by atoms with Crippen LogP contribution in [-0.4, -0.2) is 25.9 Å². The molecule has 0 spiro atoms. The van der Waals surface area contributed by atoms with Gasteiger partial charge in [-0.2, -0.15) is 0 Å². The highest BCUT2D eigenvalue weighted by Gasteiger charge is 2.14. The zero-order valence-electron chi connectivity index (χ0n) is 12.8. The van der Waals surface area contributed by atoms with Crippen LogP contribution in [-0.2, 0) is 10.0 Å². The van der Waals surface area contributed by atoms with Gasteiger partial charge in [0.1, 0.15) is 5.69 Å². The maximum absolute atomic E-state index is 12.2. The van der Waals surface area contributed by atoms with Gasteiger partial charge in [0.05, 0.1) is 4.90 Å². The SMILES string of the molecule is CCCCNS(=O)(=O)c1cccc(NC(=O)c2ccccn2)c1. The van der Waals surface area contributed by atoms with Gasteiger partial charge in [0.15, 0.2) is 0 Å². The van der Waals surface area contributed by atoms with E-state index < -0.39 is 10.0 Å². The van der Waals surface area contributed by atoms with E-state index in [2.05, 4.69) is 15.0 Å². The van der Waals surface area contributed by atoms with Crippen LogP contribution in [0.1, 0.15) is 30.3 Å². The molecule has 122 valence electrons. The number of hydrogen-bond acceptors (Lipinski definition) is 4. The quantitative estimate of drug-likeness (QED) is 0.762. The second kappa shape index (κ2) is 7.85. The number of sulfonamides is 1. The van der Waals surface area contributed by atoms with E-state index in [9.17, 15) is 13.2 Å². The van der Waals surface area contributed by atoms with Gasteiger partial charge in [-0.1, -0.05) is 25.5 Å². The molecule has 0 saturated carbocycles. The smallest absolute Gasteiger partial charge is 0.274 e. The molecule has 7 heteroatoms. The molecule has 0 aliphatic rings. The molecule has 0 atom stereocenters. The number of benzene rings is 1. The molecule has 0 bridgehead atoms. The molecule has 2 N–H and O–H groups in total. The Hall–Kier alpha value is -2.25. The summed E-state index contributed by atoms with van der Waals surface area (Å²) in [6.07, 6.45) is 3.20. The molecule has 6 nitrogen and oxygen atoms in total. The van der Waals surface area contributed by atoms with Crippen molar-refractivity contribution < 1.29 is 13.2 Å². The lowest BCUT2D eigenvalue weighted by Crippen LogP contribution is -2.24. The summed E-state index contributed by atoms with van der Waals surface area (Å²) < 4.78 is 26.9. The second-order valence-electron chi connectivity index (χ2n) is 4.95. The minimum Gasteiger partial charge on any atom is -0.321 e. The Kier molecular flexibility index (Phi) is 5.84. The van der Waals surface area contributed by atoms with E-state index in [4.69, 9.17) is 0 Å². The number of carbonyl (C=O) groups is 1. The molecule has 1 amide bonds. The normalized spacial score (nSPS) is 11.2. The molecule has 1 heterocycles. The van der Waals surface area contributed by atoms with Crippen molar-refractivity contribution in [2.75, 3.05) is 11.9 Å². The number of carbonyl (C=O) groups excluding carboxylic acids is 1. The summed E-state index contributed by atoms with van der Waals surface area (Å²) >= 11 is 0. The lowest BCUT2D eigenvalue weighted by molar-refractivity contribution is 0.102. The van der Waals surface area contributed by atoms with Gasteiger partial charge in [-0.05, 0) is 36.8 Å². The van der Waals surface area contributed by atoms with Gasteiger partial charge in [0.2, 0.25) is 10.0 Å². The largest absolute Gasteiger partial charge is 0.321 e. The standard InChI is InChI=1S/C16H19N3O3S/c1-2-3-11-18-23(21,22)14-8-6-7-13(12-14)19-16(20)15-9-4-5-10-17-15/h4-10,12,18H,2-3,11H2,1H3,(H,19,20). The summed E-state index contributed by atoms with van der Waals surface area (Å²) in [6, 6.07) is 11.1. The fourth-order valence-electron chi connectivity index (χ4n) is 1.90. The van der Waals surface area contributed by atoms with E-state index in [-0.39, 0.29) is 16.5 Å². The lowest BCUT2D eigenvalue weighted by atomic mass is 10.3. The van der Waals surface area contributed by atoms with Gasteiger partial charge in [0.25, 0.3) is 5.91 Å². The first-order chi connectivity index (χ1) is 11.0. The Morgan fingerprint density at radius 2 is 2.00 bits per heavy atom. The van der Waals surface area contributed by atoms with Gasteiger partial charge in [-0.25, -0.2) is 13.1 Å². The van der Waals surface area contributed by atoms with Crippen LogP contribution in [0, 0.1) is 0 Å². The molecule has 0 saturated heterocycles. The highest BCUT2D eigenvalue weighted by atomic mass is 32.2. The number of nitrogens with one attached hydrogen (secondary N) is 2. The average Bonchev–Trinajstić information content (AvgIpc) is 2.56. The summed E-state index contributed by atoms with van der Waals surface area (Å²) in [5, 5.41) is 2.64. The van der Waals surface area contributed by atoms with Crippen molar-refractivity contribution in [2.24, 2.45) is 0 Å². The van der Waals surface area contributed by atoms with Crippen molar-refractivity contribution in [3.8, 4) is 0 Å². The lowest BCUT2D eigenvalue weighted by Gasteiger charge is -2.09. The van der Waals surface area contributed by atoms with Gasteiger partial charge in [-0.3, -0.25) is 9.78 Å². The van der Waals surface area contributed by atoms with Crippen molar-refractivity contribution in [3.63, 3.8) is 0 Å². The molecule has 0 radical (unpaired) electrons. The number of hydrogen-bond donors (Lipinski definition) is 2. The fraction of sp³-hybridized carbons (Fsp3) is 0.250. The van der Waals surface area contributed by atoms with Crippen molar-refractivity contribution in [1.82, 2.24) is 9.71 Å². The summed E-state index contributed by atoms with van der Waals surface area (Å²) in [4.78, 5) is 16.1. The van der Waals surface area contributed by atoms with Crippen molar-refractivity contribution in [1.29, 1.82) is 0 Å². The maximum Gasteiger partial charge on any atom is 0.274 e. The number of unbranched alkanes of at least 4 members (excludes halogenated alkanes) is 1. The Morgan fingerprint density at radius 1 is 1.17 bits per heavy atom. The van der Waals surface area contributed by atoms with Gasteiger partial charge >= 0.3 is 0 Å². The first kappa shape index (κ1) is 17.1. The minimum atomic E-state index is -3.57. The summed E-state index contributed by atoms with van der Waals surface area (Å²) in [5.41, 5.74) is 0.667. The monoisotopic (exact) mass is 333 g/mol. The van der Waals surface area contributed by atoms with E-state index in [1.807, 2.05) is 6.92 Å². The van der Waals surface area contributed by atoms with E-state index in [0.29, 0.717) is 12.2 Å². The van der Waals surface area contributed by atoms with Crippen molar-refractivity contribution in [2.45, 2.75) is 24.7 Å². The number of aromatic nitrogens is 1. The molecule has 1 aromatic heterocycles. The Morgan fingerprint density at radius 3 is 2.70 bits per heavy atom. The molecule has 2 aromatic rings. The summed E-state index contributed by atoms with van der Waals surface area (Å²) in [6.45, 7) is 2.38. The third-order valence-electron chi connectivity index (χ3n) is 3.12. The van der Waals surface area contributed by atoms with E-state index >= 15 is 0 Å². The summed E-state index contributed by atoms with van der Waals surface area (Å²) in [7, 11) is -3.57. The van der Waals surface area contributed by atoms with E-state index in [1.54, 1.807) is 30.3 Å². The van der Waals surface area contributed by atoms with Crippen LogP contribution in [0.15, 0.2) is 53.6 Å². The Labute approximate surface area is 136 Å². The first-order valence-electron chi connectivity index (χ1n) is 7.35. The van der Waals surface area contributed by atoms with E-state index in [0.717, 1.165) is 12.8 Å². The number of nitrogens with zero attached hydrogens (tertiary/aromatic N) is 1. The average molecular weight is 333 g/mol. The predicted molar refractivity (Wildman–Crippen MR) is 88.7 cm³/mol. The molecule has 0 aliphatic heterocycles. The molecular weight excluding hydrogens is 314 g/mol. The van der Waals surface area contributed by atoms with Crippen LogP contribution in [0.5, 0.6) is 0 Å². The van der Waals surface area contributed by atoms with Crippen LogP contribution in [0.3, 0.4) is 0 Å². The number of pyridine rings is 1. The highest BCUT2D eigenvalue weighted by molar-refractivity contribution is 7.89. The molecule has 2 rings (SSSR count). The molecule has 23 heavy (non-hydrogen) atoms. The first-order valence-corrected chi connectivity index (χ1v) is 8.83. The van der Waals surface area contributed by atoms with Gasteiger partial charge in [0, 0.05) is 18.4 Å². The molecular formula is C16H19N3O3S. The van der Waals surface area contributed by atoms with Crippen LogP contribution >= 0.6 is 0 Å². The van der Waals surface area contributed by atoms with E-state index in [1.165, 1.54) is 18.3 Å². The minimum absolute atomic E-state index is 0.118. The van der Waals surface area contributed by atoms with Gasteiger partial charge < -0.3 is 5.32 Å². The molecule has 0 aliphatic carbocycles. The van der Waals surface area contributed by atoms with Crippen LogP contribution in [0.4, 0.5) is 5.69 Å². The topological polar surface area (TPSA) is 88.2 Å². The van der Waals surface area contributed by atoms with Crippen LogP contribution in [0.2, 0.25) is 0 Å². The second-order valence-corrected chi connectivity index (χ2v) is 6.72. The molecule has 1 aromatic carbocycles. The third kappa shape index (κ3) is 4.87. The zero-order chi connectivity index (χ0) is 16.7.